The summed E-state index contributed by atoms with van der Waals surface area (Å²) in [6.45, 7) is 2.32. The summed E-state index contributed by atoms with van der Waals surface area (Å²) in [5.74, 6) is 0.818. The van der Waals surface area contributed by atoms with Crippen molar-refractivity contribution in [3.8, 4) is 5.75 Å². The third kappa shape index (κ3) is 3.56. The van der Waals surface area contributed by atoms with E-state index in [4.69, 9.17) is 4.74 Å². The first kappa shape index (κ1) is 12.6. The molecule has 0 aliphatic carbocycles. The standard InChI is InChI=1S/C13H13BrO2S/c1-9(15)10-2-4-11(5-3-10)16-8-12-6-7-13(14)17-12/h2-7,9,15H,8H2,1H3/t9-/m1/s1. The van der Waals surface area contributed by atoms with Gasteiger partial charge < -0.3 is 9.84 Å². The molecule has 1 N–H and O–H groups in total. The normalized spacial score (nSPS) is 12.4. The second kappa shape index (κ2) is 5.67. The monoisotopic (exact) mass is 312 g/mol. The largest absolute Gasteiger partial charge is 0.488 e. The third-order valence-corrected chi connectivity index (χ3v) is 3.97. The van der Waals surface area contributed by atoms with Crippen molar-refractivity contribution in [3.05, 3.63) is 50.6 Å². The lowest BCUT2D eigenvalue weighted by molar-refractivity contribution is 0.199. The minimum absolute atomic E-state index is 0.433. The van der Waals surface area contributed by atoms with E-state index in [0.717, 1.165) is 15.1 Å². The van der Waals surface area contributed by atoms with E-state index in [1.807, 2.05) is 36.4 Å². The van der Waals surface area contributed by atoms with Crippen molar-refractivity contribution in [1.82, 2.24) is 0 Å². The van der Waals surface area contributed by atoms with Gasteiger partial charge in [0.05, 0.1) is 9.89 Å². The Morgan fingerprint density at radius 3 is 2.47 bits per heavy atom. The van der Waals surface area contributed by atoms with Crippen LogP contribution in [0.15, 0.2) is 40.2 Å². The number of benzene rings is 1. The predicted octanol–water partition coefficient (Wildman–Crippen LogP) is 4.14. The molecule has 90 valence electrons. The van der Waals surface area contributed by atoms with E-state index in [1.165, 1.54) is 4.88 Å². The lowest BCUT2D eigenvalue weighted by Crippen LogP contribution is -1.94. The van der Waals surface area contributed by atoms with E-state index in [9.17, 15) is 5.11 Å². The number of ether oxygens (including phenoxy) is 1. The van der Waals surface area contributed by atoms with E-state index in [1.54, 1.807) is 18.3 Å². The highest BCUT2D eigenvalue weighted by atomic mass is 79.9. The molecule has 0 aliphatic rings. The van der Waals surface area contributed by atoms with Gasteiger partial charge in [-0.05, 0) is 52.7 Å². The molecule has 0 radical (unpaired) electrons. The number of halogens is 1. The average molecular weight is 313 g/mol. The Morgan fingerprint density at radius 1 is 1.24 bits per heavy atom. The van der Waals surface area contributed by atoms with Crippen LogP contribution in [0.3, 0.4) is 0 Å². The van der Waals surface area contributed by atoms with Crippen LogP contribution in [0.25, 0.3) is 0 Å². The van der Waals surface area contributed by atoms with Crippen molar-refractivity contribution in [2.75, 3.05) is 0 Å². The summed E-state index contributed by atoms with van der Waals surface area (Å²) in [4.78, 5) is 1.18. The smallest absolute Gasteiger partial charge is 0.122 e. The highest BCUT2D eigenvalue weighted by Crippen LogP contribution is 2.24. The number of rotatable bonds is 4. The second-order valence-electron chi connectivity index (χ2n) is 3.74. The van der Waals surface area contributed by atoms with Crippen molar-refractivity contribution in [3.63, 3.8) is 0 Å². The summed E-state index contributed by atoms with van der Waals surface area (Å²) in [5.41, 5.74) is 0.899. The summed E-state index contributed by atoms with van der Waals surface area (Å²) in [6, 6.07) is 11.6. The molecule has 2 aromatic rings. The fourth-order valence-corrected chi connectivity index (χ4v) is 2.82. The number of hydrogen-bond acceptors (Lipinski definition) is 3. The molecule has 1 heterocycles. The fraction of sp³-hybridized carbons (Fsp3) is 0.231. The van der Waals surface area contributed by atoms with Crippen molar-refractivity contribution >= 4 is 27.3 Å². The Bertz CT molecular complexity index is 476. The Hall–Kier alpha value is -0.840. The van der Waals surface area contributed by atoms with Crippen LogP contribution in [-0.4, -0.2) is 5.11 Å². The van der Waals surface area contributed by atoms with Gasteiger partial charge in [-0.2, -0.15) is 0 Å². The average Bonchev–Trinajstić information content (AvgIpc) is 2.73. The molecule has 1 aromatic heterocycles. The van der Waals surface area contributed by atoms with Crippen molar-refractivity contribution in [2.45, 2.75) is 19.6 Å². The van der Waals surface area contributed by atoms with Gasteiger partial charge in [-0.3, -0.25) is 0 Å². The third-order valence-electron chi connectivity index (χ3n) is 2.37. The van der Waals surface area contributed by atoms with E-state index in [2.05, 4.69) is 15.9 Å². The molecule has 0 bridgehead atoms. The van der Waals surface area contributed by atoms with Crippen LogP contribution < -0.4 is 4.74 Å². The van der Waals surface area contributed by atoms with Gasteiger partial charge in [0.2, 0.25) is 0 Å². The molecular weight excluding hydrogens is 300 g/mol. The number of hydrogen-bond donors (Lipinski definition) is 1. The molecule has 1 atom stereocenters. The Kier molecular flexibility index (Phi) is 4.20. The predicted molar refractivity (Wildman–Crippen MR) is 73.4 cm³/mol. The van der Waals surface area contributed by atoms with Crippen LogP contribution in [-0.2, 0) is 6.61 Å². The molecule has 0 unspecified atom stereocenters. The van der Waals surface area contributed by atoms with E-state index in [-0.39, 0.29) is 0 Å². The molecule has 1 aromatic carbocycles. The molecule has 0 aliphatic heterocycles. The van der Waals surface area contributed by atoms with Gasteiger partial charge in [-0.25, -0.2) is 0 Å². The minimum Gasteiger partial charge on any atom is -0.488 e. The van der Waals surface area contributed by atoms with Crippen LogP contribution in [0.5, 0.6) is 5.75 Å². The van der Waals surface area contributed by atoms with Crippen LogP contribution in [0.2, 0.25) is 0 Å². The lowest BCUT2D eigenvalue weighted by Gasteiger charge is -2.07. The van der Waals surface area contributed by atoms with E-state index in [0.29, 0.717) is 6.61 Å². The molecule has 0 fully saturated rings. The summed E-state index contributed by atoms with van der Waals surface area (Å²) >= 11 is 5.09. The molecule has 0 amide bonds. The van der Waals surface area contributed by atoms with Gasteiger partial charge in [0.25, 0.3) is 0 Å². The quantitative estimate of drug-likeness (QED) is 0.919. The summed E-state index contributed by atoms with van der Waals surface area (Å²) < 4.78 is 6.76. The Labute approximate surface area is 113 Å². The van der Waals surface area contributed by atoms with Crippen molar-refractivity contribution in [2.24, 2.45) is 0 Å². The molecule has 0 spiro atoms. The first-order chi connectivity index (χ1) is 8.15. The van der Waals surface area contributed by atoms with Gasteiger partial charge in [0.1, 0.15) is 12.4 Å². The topological polar surface area (TPSA) is 29.5 Å². The van der Waals surface area contributed by atoms with Crippen LogP contribution in [0.4, 0.5) is 0 Å². The molecule has 0 saturated heterocycles. The highest BCUT2D eigenvalue weighted by molar-refractivity contribution is 9.11. The van der Waals surface area contributed by atoms with Gasteiger partial charge in [-0.1, -0.05) is 12.1 Å². The maximum Gasteiger partial charge on any atom is 0.122 e. The maximum atomic E-state index is 9.38. The van der Waals surface area contributed by atoms with Gasteiger partial charge >= 0.3 is 0 Å². The van der Waals surface area contributed by atoms with Gasteiger partial charge in [0.15, 0.2) is 0 Å². The molecule has 17 heavy (non-hydrogen) atoms. The van der Waals surface area contributed by atoms with Gasteiger partial charge in [0, 0.05) is 4.88 Å². The summed E-state index contributed by atoms with van der Waals surface area (Å²) in [5, 5.41) is 9.38. The zero-order valence-corrected chi connectivity index (χ0v) is 11.8. The minimum atomic E-state index is -0.433. The first-order valence-electron chi connectivity index (χ1n) is 5.30. The molecule has 2 rings (SSSR count). The second-order valence-corrected chi connectivity index (χ2v) is 6.29. The van der Waals surface area contributed by atoms with Crippen molar-refractivity contribution < 1.29 is 9.84 Å². The zero-order chi connectivity index (χ0) is 12.3. The number of thiophene rings is 1. The van der Waals surface area contributed by atoms with Gasteiger partial charge in [-0.15, -0.1) is 11.3 Å². The highest BCUT2D eigenvalue weighted by Gasteiger charge is 2.02. The van der Waals surface area contributed by atoms with Crippen LogP contribution in [0, 0.1) is 0 Å². The molecule has 2 nitrogen and oxygen atoms in total. The van der Waals surface area contributed by atoms with E-state index >= 15 is 0 Å². The molecule has 4 heteroatoms. The number of aliphatic hydroxyl groups is 1. The lowest BCUT2D eigenvalue weighted by atomic mass is 10.1. The molecule has 0 saturated carbocycles. The molecular formula is C13H13BrO2S. The van der Waals surface area contributed by atoms with Crippen LogP contribution >= 0.6 is 27.3 Å². The summed E-state index contributed by atoms with van der Waals surface area (Å²) in [6.07, 6.45) is -0.433. The number of aliphatic hydroxyl groups excluding tert-OH is 1. The van der Waals surface area contributed by atoms with Crippen LogP contribution in [0.1, 0.15) is 23.5 Å². The SMILES string of the molecule is C[C@@H](O)c1ccc(OCc2ccc(Br)s2)cc1. The zero-order valence-electron chi connectivity index (χ0n) is 9.39. The first-order valence-corrected chi connectivity index (χ1v) is 6.91. The Morgan fingerprint density at radius 2 is 1.94 bits per heavy atom. The summed E-state index contributed by atoms with van der Waals surface area (Å²) in [7, 11) is 0. The van der Waals surface area contributed by atoms with E-state index < -0.39 is 6.10 Å². The Balaban J connectivity index is 1.95. The fourth-order valence-electron chi connectivity index (χ4n) is 1.43. The van der Waals surface area contributed by atoms with Crippen molar-refractivity contribution in [1.29, 1.82) is 0 Å². The maximum absolute atomic E-state index is 9.38.